The second kappa shape index (κ2) is 6.09. The van der Waals surface area contributed by atoms with Gasteiger partial charge in [-0.05, 0) is 12.8 Å². The summed E-state index contributed by atoms with van der Waals surface area (Å²) in [6.07, 6.45) is -5.07. The molecule has 2 unspecified atom stereocenters. The van der Waals surface area contributed by atoms with E-state index in [2.05, 4.69) is 5.32 Å². The quantitative estimate of drug-likeness (QED) is 0.801. The molecule has 1 saturated heterocycles. The van der Waals surface area contributed by atoms with Gasteiger partial charge >= 0.3 is 18.2 Å². The molecule has 6 nitrogen and oxygen atoms in total. The fraction of sp³-hybridized carbons (Fsp3) is 0.800. The number of rotatable bonds is 4. The lowest BCUT2D eigenvalue weighted by molar-refractivity contribution is -0.149. The van der Waals surface area contributed by atoms with Gasteiger partial charge in [-0.2, -0.15) is 13.2 Å². The Kier molecular flexibility index (Phi) is 4.98. The van der Waals surface area contributed by atoms with Crippen molar-refractivity contribution in [1.82, 2.24) is 10.2 Å². The number of carboxylic acid groups (broad SMARTS) is 1. The summed E-state index contributed by atoms with van der Waals surface area (Å²) in [7, 11) is 1.03. The number of nitrogens with one attached hydrogen (secondary N) is 1. The van der Waals surface area contributed by atoms with Crippen LogP contribution in [0, 0.1) is 0 Å². The van der Waals surface area contributed by atoms with Crippen molar-refractivity contribution in [1.29, 1.82) is 0 Å². The molecule has 0 bridgehead atoms. The number of halogens is 3. The van der Waals surface area contributed by atoms with Gasteiger partial charge in [0.05, 0.1) is 6.10 Å². The molecule has 110 valence electrons. The van der Waals surface area contributed by atoms with E-state index in [-0.39, 0.29) is 6.54 Å². The lowest BCUT2D eigenvalue weighted by Gasteiger charge is -2.20. The standard InChI is InChI=1S/C10H15F3N2O4/c1-15(5-10(11,12)13)9(18)14-4-6-2-3-7(19-6)8(16)17/h6-7H,2-5H2,1H3,(H,14,18)(H,16,17). The lowest BCUT2D eigenvalue weighted by atomic mass is 10.2. The Morgan fingerprint density at radius 2 is 2.05 bits per heavy atom. The highest BCUT2D eigenvalue weighted by Crippen LogP contribution is 2.19. The molecule has 1 aliphatic heterocycles. The molecule has 1 rings (SSSR count). The number of hydrogen-bond donors (Lipinski definition) is 2. The first-order valence-corrected chi connectivity index (χ1v) is 5.63. The zero-order chi connectivity index (χ0) is 14.6. The zero-order valence-corrected chi connectivity index (χ0v) is 10.2. The van der Waals surface area contributed by atoms with Crippen LogP contribution in [0.5, 0.6) is 0 Å². The van der Waals surface area contributed by atoms with E-state index in [0.29, 0.717) is 17.7 Å². The molecule has 0 aliphatic carbocycles. The molecule has 1 fully saturated rings. The third-order valence-electron chi connectivity index (χ3n) is 2.63. The minimum atomic E-state index is -4.45. The highest BCUT2D eigenvalue weighted by atomic mass is 19.4. The van der Waals surface area contributed by atoms with Gasteiger partial charge in [0, 0.05) is 13.6 Å². The minimum absolute atomic E-state index is 0.00912. The van der Waals surface area contributed by atoms with E-state index in [0.717, 1.165) is 7.05 Å². The van der Waals surface area contributed by atoms with Gasteiger partial charge in [0.2, 0.25) is 0 Å². The number of aliphatic carboxylic acids is 1. The van der Waals surface area contributed by atoms with Crippen molar-refractivity contribution in [3.8, 4) is 0 Å². The first-order chi connectivity index (χ1) is 8.69. The summed E-state index contributed by atoms with van der Waals surface area (Å²) in [4.78, 5) is 22.4. The molecule has 2 atom stereocenters. The molecule has 0 aromatic heterocycles. The van der Waals surface area contributed by atoms with Crippen LogP contribution in [0.1, 0.15) is 12.8 Å². The predicted octanol–water partition coefficient (Wildman–Crippen LogP) is 0.822. The summed E-state index contributed by atoms with van der Waals surface area (Å²) in [5, 5.41) is 11.0. The molecule has 9 heteroatoms. The van der Waals surface area contributed by atoms with Crippen LogP contribution in [-0.2, 0) is 9.53 Å². The van der Waals surface area contributed by atoms with Gasteiger partial charge in [0.15, 0.2) is 6.10 Å². The molecule has 0 spiro atoms. The molecule has 1 heterocycles. The number of nitrogens with zero attached hydrogens (tertiary/aromatic N) is 1. The van der Waals surface area contributed by atoms with Gasteiger partial charge in [-0.1, -0.05) is 0 Å². The first kappa shape index (κ1) is 15.5. The average molecular weight is 284 g/mol. The van der Waals surface area contributed by atoms with E-state index in [4.69, 9.17) is 9.84 Å². The molecule has 0 radical (unpaired) electrons. The Bertz CT molecular complexity index is 348. The van der Waals surface area contributed by atoms with Crippen molar-refractivity contribution in [2.75, 3.05) is 20.1 Å². The average Bonchev–Trinajstić information content (AvgIpc) is 2.72. The van der Waals surface area contributed by atoms with E-state index in [1.165, 1.54) is 0 Å². The predicted molar refractivity (Wildman–Crippen MR) is 57.6 cm³/mol. The zero-order valence-electron chi connectivity index (χ0n) is 10.2. The van der Waals surface area contributed by atoms with Crippen molar-refractivity contribution in [3.05, 3.63) is 0 Å². The van der Waals surface area contributed by atoms with Crippen LogP contribution in [0.2, 0.25) is 0 Å². The van der Waals surface area contributed by atoms with Crippen LogP contribution in [-0.4, -0.2) is 60.5 Å². The molecule has 0 aromatic rings. The minimum Gasteiger partial charge on any atom is -0.479 e. The molecular weight excluding hydrogens is 269 g/mol. The number of urea groups is 1. The SMILES string of the molecule is CN(CC(F)(F)F)C(=O)NCC1CCC(C(=O)O)O1. The Hall–Kier alpha value is -1.51. The molecule has 0 aromatic carbocycles. The van der Waals surface area contributed by atoms with E-state index >= 15 is 0 Å². The summed E-state index contributed by atoms with van der Waals surface area (Å²) < 4.78 is 41.2. The Labute approximate surface area is 107 Å². The summed E-state index contributed by atoms with van der Waals surface area (Å²) in [5.41, 5.74) is 0. The van der Waals surface area contributed by atoms with Crippen LogP contribution in [0.3, 0.4) is 0 Å². The van der Waals surface area contributed by atoms with Crippen molar-refractivity contribution >= 4 is 12.0 Å². The van der Waals surface area contributed by atoms with Gasteiger partial charge in [0.1, 0.15) is 6.54 Å². The number of carbonyl (C=O) groups excluding carboxylic acids is 1. The Morgan fingerprint density at radius 3 is 2.53 bits per heavy atom. The largest absolute Gasteiger partial charge is 0.479 e. The van der Waals surface area contributed by atoms with Crippen molar-refractivity contribution in [2.24, 2.45) is 0 Å². The van der Waals surface area contributed by atoms with E-state index < -0.39 is 36.9 Å². The van der Waals surface area contributed by atoms with Gasteiger partial charge < -0.3 is 20.1 Å². The molecule has 2 N–H and O–H groups in total. The summed E-state index contributed by atoms with van der Waals surface area (Å²) in [6, 6.07) is -0.875. The van der Waals surface area contributed by atoms with Crippen LogP contribution < -0.4 is 5.32 Å². The maximum Gasteiger partial charge on any atom is 0.406 e. The monoisotopic (exact) mass is 284 g/mol. The number of hydrogen-bond acceptors (Lipinski definition) is 3. The fourth-order valence-corrected chi connectivity index (χ4v) is 1.71. The van der Waals surface area contributed by atoms with Crippen LogP contribution in [0.25, 0.3) is 0 Å². The number of carboxylic acids is 1. The van der Waals surface area contributed by atoms with Crippen LogP contribution >= 0.6 is 0 Å². The number of amides is 2. The van der Waals surface area contributed by atoms with Gasteiger partial charge in [-0.25, -0.2) is 9.59 Å². The molecule has 19 heavy (non-hydrogen) atoms. The van der Waals surface area contributed by atoms with Crippen LogP contribution in [0.15, 0.2) is 0 Å². The van der Waals surface area contributed by atoms with E-state index in [1.807, 2.05) is 0 Å². The number of carbonyl (C=O) groups is 2. The first-order valence-electron chi connectivity index (χ1n) is 5.63. The van der Waals surface area contributed by atoms with Gasteiger partial charge in [0.25, 0.3) is 0 Å². The summed E-state index contributed by atoms with van der Waals surface area (Å²) in [6.45, 7) is -1.35. The third-order valence-corrected chi connectivity index (χ3v) is 2.63. The fourth-order valence-electron chi connectivity index (χ4n) is 1.71. The van der Waals surface area contributed by atoms with Gasteiger partial charge in [-0.15, -0.1) is 0 Å². The van der Waals surface area contributed by atoms with Crippen LogP contribution in [0.4, 0.5) is 18.0 Å². The Balaban J connectivity index is 2.29. The maximum atomic E-state index is 12.0. The molecule has 1 aliphatic rings. The van der Waals surface area contributed by atoms with Gasteiger partial charge in [-0.3, -0.25) is 0 Å². The highest BCUT2D eigenvalue weighted by molar-refractivity contribution is 5.74. The Morgan fingerprint density at radius 1 is 1.42 bits per heavy atom. The van der Waals surface area contributed by atoms with E-state index in [9.17, 15) is 22.8 Å². The molecule has 0 saturated carbocycles. The molecule has 2 amide bonds. The second-order valence-corrected chi connectivity index (χ2v) is 4.32. The van der Waals surface area contributed by atoms with Crippen molar-refractivity contribution in [2.45, 2.75) is 31.2 Å². The maximum absolute atomic E-state index is 12.0. The molecular formula is C10H15F3N2O4. The van der Waals surface area contributed by atoms with Crippen molar-refractivity contribution < 1.29 is 32.6 Å². The second-order valence-electron chi connectivity index (χ2n) is 4.32. The van der Waals surface area contributed by atoms with E-state index in [1.54, 1.807) is 0 Å². The summed E-state index contributed by atoms with van der Waals surface area (Å²) in [5.74, 6) is -1.08. The third kappa shape index (κ3) is 5.33. The smallest absolute Gasteiger partial charge is 0.406 e. The van der Waals surface area contributed by atoms with Crippen molar-refractivity contribution in [3.63, 3.8) is 0 Å². The number of alkyl halides is 3. The normalized spacial score (nSPS) is 23.2. The topological polar surface area (TPSA) is 78.9 Å². The summed E-state index contributed by atoms with van der Waals surface area (Å²) >= 11 is 0. The lowest BCUT2D eigenvalue weighted by Crippen LogP contribution is -2.44. The number of ether oxygens (including phenoxy) is 1. The highest BCUT2D eigenvalue weighted by Gasteiger charge is 2.33.